The van der Waals surface area contributed by atoms with Crippen LogP contribution < -0.4 is 4.74 Å². The van der Waals surface area contributed by atoms with Crippen LogP contribution in [0.25, 0.3) is 0 Å². The second kappa shape index (κ2) is 4.27. The van der Waals surface area contributed by atoms with Gasteiger partial charge >= 0.3 is 0 Å². The first-order chi connectivity index (χ1) is 6.90. The van der Waals surface area contributed by atoms with Crippen LogP contribution in [0.15, 0.2) is 17.0 Å². The molecule has 0 aliphatic heterocycles. The molecule has 0 aliphatic carbocycles. The first-order valence-electron chi connectivity index (χ1n) is 3.62. The third-order valence-corrected chi connectivity index (χ3v) is 3.42. The summed E-state index contributed by atoms with van der Waals surface area (Å²) in [5.74, 6) is 0.292. The van der Waals surface area contributed by atoms with Crippen molar-refractivity contribution in [1.82, 2.24) is 0 Å². The van der Waals surface area contributed by atoms with Crippen molar-refractivity contribution in [3.8, 4) is 11.8 Å². The summed E-state index contributed by atoms with van der Waals surface area (Å²) >= 11 is 5.68. The van der Waals surface area contributed by atoms with Crippen LogP contribution in [0.5, 0.6) is 5.75 Å². The Kier molecular flexibility index (Phi) is 3.45. The number of nitriles is 1. The molecule has 0 saturated heterocycles. The van der Waals surface area contributed by atoms with E-state index in [1.54, 1.807) is 6.07 Å². The van der Waals surface area contributed by atoms with Crippen LogP contribution in [0.2, 0.25) is 5.02 Å². The molecule has 0 atom stereocenters. The van der Waals surface area contributed by atoms with Crippen LogP contribution in [0, 0.1) is 11.3 Å². The van der Waals surface area contributed by atoms with Crippen LogP contribution >= 0.6 is 22.3 Å². The summed E-state index contributed by atoms with van der Waals surface area (Å²) in [5, 5.41) is 8.60. The summed E-state index contributed by atoms with van der Waals surface area (Å²) in [6.45, 7) is 0. The molecule has 80 valence electrons. The maximum absolute atomic E-state index is 11.1. The molecule has 4 nitrogen and oxygen atoms in total. The van der Waals surface area contributed by atoms with Gasteiger partial charge < -0.3 is 4.74 Å². The van der Waals surface area contributed by atoms with Gasteiger partial charge in [0.05, 0.1) is 17.7 Å². The molecule has 0 spiro atoms. The van der Waals surface area contributed by atoms with Crippen LogP contribution in [0.1, 0.15) is 5.56 Å². The van der Waals surface area contributed by atoms with E-state index in [0.29, 0.717) is 5.75 Å². The lowest BCUT2D eigenvalue weighted by Gasteiger charge is -2.05. The summed E-state index contributed by atoms with van der Waals surface area (Å²) in [4.78, 5) is -0.394. The molecule has 7 heteroatoms. The third kappa shape index (κ3) is 2.53. The zero-order chi connectivity index (χ0) is 11.6. The number of benzene rings is 1. The van der Waals surface area contributed by atoms with E-state index in [2.05, 4.69) is 0 Å². The first-order valence-corrected chi connectivity index (χ1v) is 6.31. The minimum absolute atomic E-state index is 0.138. The van der Waals surface area contributed by atoms with Crippen molar-refractivity contribution in [3.05, 3.63) is 22.7 Å². The van der Waals surface area contributed by atoms with Crippen LogP contribution in [-0.4, -0.2) is 15.5 Å². The van der Waals surface area contributed by atoms with E-state index in [4.69, 9.17) is 32.3 Å². The van der Waals surface area contributed by atoms with Gasteiger partial charge in [0.2, 0.25) is 0 Å². The number of nitrogens with zero attached hydrogens (tertiary/aromatic N) is 1. The highest BCUT2D eigenvalue weighted by atomic mass is 35.7. The molecule has 1 aromatic carbocycles. The maximum Gasteiger partial charge on any atom is 0.264 e. The number of hydrogen-bond donors (Lipinski definition) is 0. The van der Waals surface area contributed by atoms with Crippen molar-refractivity contribution >= 4 is 31.3 Å². The van der Waals surface area contributed by atoms with Crippen molar-refractivity contribution in [2.45, 2.75) is 4.90 Å². The Labute approximate surface area is 96.4 Å². The zero-order valence-corrected chi connectivity index (χ0v) is 9.82. The third-order valence-electron chi connectivity index (χ3n) is 1.62. The average Bonchev–Trinajstić information content (AvgIpc) is 2.14. The normalized spacial score (nSPS) is 10.8. The highest BCUT2D eigenvalue weighted by Crippen LogP contribution is 2.32. The monoisotopic (exact) mass is 265 g/mol. The summed E-state index contributed by atoms with van der Waals surface area (Å²) in [6, 6.07) is 4.22. The lowest BCUT2D eigenvalue weighted by Crippen LogP contribution is -1.97. The molecule has 0 saturated carbocycles. The SMILES string of the molecule is COc1cc(Cl)c(S(=O)(=O)Cl)c(C#N)c1. The van der Waals surface area contributed by atoms with Crippen LogP contribution in [0.4, 0.5) is 0 Å². The molecule has 0 aliphatic rings. The Morgan fingerprint density at radius 1 is 1.47 bits per heavy atom. The van der Waals surface area contributed by atoms with Crippen molar-refractivity contribution in [2.24, 2.45) is 0 Å². The van der Waals surface area contributed by atoms with Crippen molar-refractivity contribution in [1.29, 1.82) is 5.26 Å². The first kappa shape index (κ1) is 12.1. The lowest BCUT2D eigenvalue weighted by atomic mass is 10.2. The highest BCUT2D eigenvalue weighted by molar-refractivity contribution is 8.13. The number of hydrogen-bond acceptors (Lipinski definition) is 4. The molecule has 0 fully saturated rings. The Balaban J connectivity index is 3.61. The van der Waals surface area contributed by atoms with Crippen LogP contribution in [0.3, 0.4) is 0 Å². The molecular weight excluding hydrogens is 261 g/mol. The number of halogens is 2. The second-order valence-corrected chi connectivity index (χ2v) is 5.45. The second-order valence-electron chi connectivity index (χ2n) is 2.54. The Hall–Kier alpha value is -0.960. The molecule has 15 heavy (non-hydrogen) atoms. The van der Waals surface area contributed by atoms with E-state index >= 15 is 0 Å². The zero-order valence-electron chi connectivity index (χ0n) is 7.49. The van der Waals surface area contributed by atoms with Crippen molar-refractivity contribution < 1.29 is 13.2 Å². The van der Waals surface area contributed by atoms with Gasteiger partial charge in [0.15, 0.2) is 0 Å². The van der Waals surface area contributed by atoms with Gasteiger partial charge in [-0.1, -0.05) is 11.6 Å². The number of ether oxygens (including phenoxy) is 1. The highest BCUT2D eigenvalue weighted by Gasteiger charge is 2.21. The van der Waals surface area contributed by atoms with Gasteiger partial charge in [-0.05, 0) is 6.07 Å². The van der Waals surface area contributed by atoms with Gasteiger partial charge in [-0.3, -0.25) is 0 Å². The van der Waals surface area contributed by atoms with E-state index in [9.17, 15) is 8.42 Å². The predicted octanol–water partition coefficient (Wildman–Crippen LogP) is 2.15. The molecule has 1 rings (SSSR count). The summed E-state index contributed by atoms with van der Waals surface area (Å²) < 4.78 is 27.1. The molecule has 0 amide bonds. The fourth-order valence-corrected chi connectivity index (χ4v) is 2.81. The Morgan fingerprint density at radius 2 is 2.07 bits per heavy atom. The van der Waals surface area contributed by atoms with Gasteiger partial charge in [0, 0.05) is 16.7 Å². The largest absolute Gasteiger partial charge is 0.497 e. The summed E-state index contributed by atoms with van der Waals surface area (Å²) in [6.07, 6.45) is 0. The van der Waals surface area contributed by atoms with Gasteiger partial charge in [0.25, 0.3) is 9.05 Å². The number of rotatable bonds is 2. The van der Waals surface area contributed by atoms with E-state index in [1.165, 1.54) is 19.2 Å². The average molecular weight is 266 g/mol. The number of methoxy groups -OCH3 is 1. The lowest BCUT2D eigenvalue weighted by molar-refractivity contribution is 0.414. The van der Waals surface area contributed by atoms with Gasteiger partial charge in [0.1, 0.15) is 16.7 Å². The Morgan fingerprint density at radius 3 is 2.47 bits per heavy atom. The fraction of sp³-hybridized carbons (Fsp3) is 0.125. The van der Waals surface area contributed by atoms with Gasteiger partial charge in [-0.2, -0.15) is 5.26 Å². The van der Waals surface area contributed by atoms with Gasteiger partial charge in [-0.25, -0.2) is 8.42 Å². The summed E-state index contributed by atoms with van der Waals surface area (Å²) in [5.41, 5.74) is -0.144. The van der Waals surface area contributed by atoms with E-state index in [0.717, 1.165) is 0 Å². The predicted molar refractivity (Wildman–Crippen MR) is 55.8 cm³/mol. The quantitative estimate of drug-likeness (QED) is 0.769. The molecule has 1 aromatic rings. The van der Waals surface area contributed by atoms with E-state index in [-0.39, 0.29) is 10.6 Å². The smallest absolute Gasteiger partial charge is 0.264 e. The molecule has 0 unspecified atom stereocenters. The van der Waals surface area contributed by atoms with E-state index < -0.39 is 13.9 Å². The minimum Gasteiger partial charge on any atom is -0.497 e. The maximum atomic E-state index is 11.1. The topological polar surface area (TPSA) is 67.2 Å². The molecule has 0 aromatic heterocycles. The standard InChI is InChI=1S/C8H5Cl2NO3S/c1-14-6-2-5(4-11)8(7(9)3-6)15(10,12)13/h2-3H,1H3. The summed E-state index contributed by atoms with van der Waals surface area (Å²) in [7, 11) is 2.48. The molecular formula is C8H5Cl2NO3S. The molecule has 0 N–H and O–H groups in total. The molecule has 0 bridgehead atoms. The molecule has 0 radical (unpaired) electrons. The minimum atomic E-state index is -4.04. The van der Waals surface area contributed by atoms with E-state index in [1.807, 2.05) is 0 Å². The molecule has 0 heterocycles. The van der Waals surface area contributed by atoms with Crippen molar-refractivity contribution in [3.63, 3.8) is 0 Å². The fourth-order valence-electron chi connectivity index (χ4n) is 1.02. The van der Waals surface area contributed by atoms with Gasteiger partial charge in [-0.15, -0.1) is 0 Å². The Bertz CT molecular complexity index is 534. The van der Waals surface area contributed by atoms with Crippen molar-refractivity contribution in [2.75, 3.05) is 7.11 Å². The van der Waals surface area contributed by atoms with Crippen LogP contribution in [-0.2, 0) is 9.05 Å².